The first kappa shape index (κ1) is 20.3. The number of likely N-dealkylation sites (tertiary alicyclic amines) is 1. The predicted octanol–water partition coefficient (Wildman–Crippen LogP) is 3.14. The molecule has 0 aromatic heterocycles. The Kier molecular flexibility index (Phi) is 7.37. The summed E-state index contributed by atoms with van der Waals surface area (Å²) in [5.74, 6) is 0.790. The molecule has 7 heteroatoms. The van der Waals surface area contributed by atoms with Gasteiger partial charge < -0.3 is 15.5 Å². The van der Waals surface area contributed by atoms with Crippen molar-refractivity contribution in [2.24, 2.45) is 10.4 Å². The highest BCUT2D eigenvalue weighted by Gasteiger charge is 2.43. The van der Waals surface area contributed by atoms with E-state index in [1.807, 2.05) is 19.2 Å². The van der Waals surface area contributed by atoms with Crippen LogP contribution >= 0.6 is 35.6 Å². The van der Waals surface area contributed by atoms with Crippen LogP contribution in [0, 0.1) is 5.41 Å². The number of benzene rings is 1. The molecule has 5 nitrogen and oxygen atoms in total. The SMILES string of the molecule is CN=C(NCCNC(=O)c1ccccc1Cl)N1CCC2(CCC2)C1.I. The van der Waals surface area contributed by atoms with Gasteiger partial charge in [0.15, 0.2) is 5.96 Å². The lowest BCUT2D eigenvalue weighted by atomic mass is 9.68. The Morgan fingerprint density at radius 2 is 1.96 bits per heavy atom. The molecule has 1 aliphatic heterocycles. The fourth-order valence-corrected chi connectivity index (χ4v) is 3.85. The first-order valence-electron chi connectivity index (χ1n) is 8.62. The fourth-order valence-electron chi connectivity index (χ4n) is 3.62. The molecule has 0 unspecified atom stereocenters. The van der Waals surface area contributed by atoms with E-state index in [-0.39, 0.29) is 29.9 Å². The lowest BCUT2D eigenvalue weighted by Gasteiger charge is -2.38. The average molecular weight is 477 g/mol. The number of hydrogen-bond donors (Lipinski definition) is 2. The highest BCUT2D eigenvalue weighted by atomic mass is 127. The van der Waals surface area contributed by atoms with E-state index in [1.165, 1.54) is 25.7 Å². The van der Waals surface area contributed by atoms with Crippen LogP contribution in [0.25, 0.3) is 0 Å². The summed E-state index contributed by atoms with van der Waals surface area (Å²) in [4.78, 5) is 18.8. The van der Waals surface area contributed by atoms with E-state index < -0.39 is 0 Å². The molecule has 1 aromatic carbocycles. The van der Waals surface area contributed by atoms with Gasteiger partial charge in [-0.15, -0.1) is 24.0 Å². The van der Waals surface area contributed by atoms with Gasteiger partial charge in [-0.1, -0.05) is 30.2 Å². The molecule has 2 aliphatic rings. The second kappa shape index (κ2) is 9.07. The summed E-state index contributed by atoms with van der Waals surface area (Å²) in [6.07, 6.45) is 5.35. The van der Waals surface area contributed by atoms with Crippen LogP contribution in [0.2, 0.25) is 5.02 Å². The highest BCUT2D eigenvalue weighted by molar-refractivity contribution is 14.0. The Balaban J connectivity index is 0.00000225. The van der Waals surface area contributed by atoms with Gasteiger partial charge in [0.2, 0.25) is 0 Å². The Labute approximate surface area is 171 Å². The van der Waals surface area contributed by atoms with Gasteiger partial charge in [0.25, 0.3) is 5.91 Å². The monoisotopic (exact) mass is 476 g/mol. The number of carbonyl (C=O) groups is 1. The molecule has 1 saturated heterocycles. The standard InChI is InChI=1S/C18H25ClN4O.HI/c1-20-17(23-12-9-18(13-23)7-4-8-18)22-11-10-21-16(24)14-5-2-3-6-15(14)19;/h2-3,5-6H,4,7-13H2,1H3,(H,20,22)(H,21,24);1H. The molecule has 3 rings (SSSR count). The van der Waals surface area contributed by atoms with E-state index in [1.54, 1.807) is 12.1 Å². The number of carbonyl (C=O) groups excluding carboxylic acids is 1. The van der Waals surface area contributed by atoms with Crippen molar-refractivity contribution >= 4 is 47.4 Å². The zero-order valence-corrected chi connectivity index (χ0v) is 17.6. The summed E-state index contributed by atoms with van der Waals surface area (Å²) in [6.45, 7) is 3.36. The van der Waals surface area contributed by atoms with Crippen molar-refractivity contribution in [1.29, 1.82) is 0 Å². The van der Waals surface area contributed by atoms with Gasteiger partial charge in [-0.05, 0) is 36.8 Å². The van der Waals surface area contributed by atoms with Gasteiger partial charge in [-0.25, -0.2) is 0 Å². The van der Waals surface area contributed by atoms with Crippen molar-refractivity contribution in [3.8, 4) is 0 Å². The van der Waals surface area contributed by atoms with Crippen molar-refractivity contribution in [3.63, 3.8) is 0 Å². The second-order valence-corrected chi connectivity index (χ2v) is 7.14. The summed E-state index contributed by atoms with van der Waals surface area (Å²) in [5, 5.41) is 6.71. The minimum absolute atomic E-state index is 0. The van der Waals surface area contributed by atoms with E-state index in [9.17, 15) is 4.79 Å². The van der Waals surface area contributed by atoms with Crippen LogP contribution in [0.15, 0.2) is 29.3 Å². The van der Waals surface area contributed by atoms with Crippen LogP contribution in [-0.2, 0) is 0 Å². The van der Waals surface area contributed by atoms with Crippen LogP contribution < -0.4 is 10.6 Å². The molecule has 1 aromatic rings. The van der Waals surface area contributed by atoms with Crippen LogP contribution in [0.5, 0.6) is 0 Å². The number of nitrogens with one attached hydrogen (secondary N) is 2. The number of amides is 1. The highest BCUT2D eigenvalue weighted by Crippen LogP contribution is 2.47. The maximum atomic E-state index is 12.1. The number of aliphatic imine (C=N–C) groups is 1. The minimum atomic E-state index is -0.146. The molecule has 2 fully saturated rings. The lowest BCUT2D eigenvalue weighted by Crippen LogP contribution is -2.44. The predicted molar refractivity (Wildman–Crippen MR) is 113 cm³/mol. The Bertz CT molecular complexity index is 633. The fraction of sp³-hybridized carbons (Fsp3) is 0.556. The van der Waals surface area contributed by atoms with Crippen molar-refractivity contribution in [2.45, 2.75) is 25.7 Å². The van der Waals surface area contributed by atoms with Crippen molar-refractivity contribution in [2.75, 3.05) is 33.2 Å². The maximum Gasteiger partial charge on any atom is 0.252 e. The van der Waals surface area contributed by atoms with E-state index in [0.29, 0.717) is 29.1 Å². The first-order valence-corrected chi connectivity index (χ1v) is 9.00. The number of rotatable bonds is 4. The number of halogens is 2. The molecule has 0 bridgehead atoms. The van der Waals surface area contributed by atoms with Crippen LogP contribution in [0.4, 0.5) is 0 Å². The molecule has 1 heterocycles. The Morgan fingerprint density at radius 1 is 1.24 bits per heavy atom. The van der Waals surface area contributed by atoms with Gasteiger partial charge in [0.1, 0.15) is 0 Å². The van der Waals surface area contributed by atoms with Crippen LogP contribution in [-0.4, -0.2) is 50.0 Å². The quantitative estimate of drug-likeness (QED) is 0.304. The Hall–Kier alpha value is -1.02. The maximum absolute atomic E-state index is 12.1. The van der Waals surface area contributed by atoms with Gasteiger partial charge in [-0.2, -0.15) is 0 Å². The largest absolute Gasteiger partial charge is 0.354 e. The number of guanidine groups is 1. The average Bonchev–Trinajstić information content (AvgIpc) is 3.01. The summed E-state index contributed by atoms with van der Waals surface area (Å²) >= 11 is 6.03. The summed E-state index contributed by atoms with van der Waals surface area (Å²) in [5.41, 5.74) is 1.06. The summed E-state index contributed by atoms with van der Waals surface area (Å²) < 4.78 is 0. The normalized spacial score (nSPS) is 18.5. The number of nitrogens with zero attached hydrogens (tertiary/aromatic N) is 2. The van der Waals surface area contributed by atoms with Gasteiger partial charge in [-0.3, -0.25) is 9.79 Å². The third-order valence-corrected chi connectivity index (χ3v) is 5.51. The molecule has 1 spiro atoms. The Morgan fingerprint density at radius 3 is 2.56 bits per heavy atom. The third kappa shape index (κ3) is 4.78. The molecule has 25 heavy (non-hydrogen) atoms. The van der Waals surface area contributed by atoms with Gasteiger partial charge in [0, 0.05) is 33.2 Å². The molecule has 2 N–H and O–H groups in total. The molecule has 138 valence electrons. The van der Waals surface area contributed by atoms with Crippen molar-refractivity contribution < 1.29 is 4.79 Å². The van der Waals surface area contributed by atoms with E-state index in [0.717, 1.165) is 19.0 Å². The van der Waals surface area contributed by atoms with Crippen molar-refractivity contribution in [1.82, 2.24) is 15.5 Å². The van der Waals surface area contributed by atoms with Crippen molar-refractivity contribution in [3.05, 3.63) is 34.9 Å². The van der Waals surface area contributed by atoms with Crippen LogP contribution in [0.3, 0.4) is 0 Å². The van der Waals surface area contributed by atoms with E-state index in [4.69, 9.17) is 11.6 Å². The zero-order chi connectivity index (χ0) is 17.0. The third-order valence-electron chi connectivity index (χ3n) is 5.18. The minimum Gasteiger partial charge on any atom is -0.354 e. The van der Waals surface area contributed by atoms with Gasteiger partial charge >= 0.3 is 0 Å². The lowest BCUT2D eigenvalue weighted by molar-refractivity contribution is 0.0954. The number of hydrogen-bond acceptors (Lipinski definition) is 2. The molecular weight excluding hydrogens is 451 g/mol. The topological polar surface area (TPSA) is 56.7 Å². The van der Waals surface area contributed by atoms with E-state index >= 15 is 0 Å². The van der Waals surface area contributed by atoms with E-state index in [2.05, 4.69) is 20.5 Å². The first-order chi connectivity index (χ1) is 11.6. The second-order valence-electron chi connectivity index (χ2n) is 6.73. The molecule has 1 saturated carbocycles. The molecule has 1 aliphatic carbocycles. The van der Waals surface area contributed by atoms with Gasteiger partial charge in [0.05, 0.1) is 10.6 Å². The summed E-state index contributed by atoms with van der Waals surface area (Å²) in [7, 11) is 1.82. The van der Waals surface area contributed by atoms with Crippen LogP contribution in [0.1, 0.15) is 36.0 Å². The molecule has 0 atom stereocenters. The molecule has 1 amide bonds. The summed E-state index contributed by atoms with van der Waals surface area (Å²) in [6, 6.07) is 7.08. The molecule has 0 radical (unpaired) electrons. The zero-order valence-electron chi connectivity index (χ0n) is 14.6. The molecular formula is C18H26ClIN4O. The smallest absolute Gasteiger partial charge is 0.252 e.